The maximum Gasteiger partial charge on any atom is 0.227 e. The normalized spacial score (nSPS) is 14.9. The summed E-state index contributed by atoms with van der Waals surface area (Å²) in [6.45, 7) is 1.06. The van der Waals surface area contributed by atoms with E-state index in [1.165, 1.54) is 0 Å². The standard InChI is InChI=1S/C14H19NO3/c1-17-8-9-18-13-7-3-6-12(10-13)15-14(16)11-4-2-5-11/h3,6-7,10-11H,2,4-5,8-9H2,1H3,(H,15,16). The van der Waals surface area contributed by atoms with Crippen LogP contribution in [0.2, 0.25) is 0 Å². The summed E-state index contributed by atoms with van der Waals surface area (Å²) in [6.07, 6.45) is 3.18. The molecule has 0 aromatic heterocycles. The predicted molar refractivity (Wildman–Crippen MR) is 69.8 cm³/mol. The lowest BCUT2D eigenvalue weighted by molar-refractivity contribution is -0.122. The highest BCUT2D eigenvalue weighted by Gasteiger charge is 2.25. The molecule has 2 rings (SSSR count). The summed E-state index contributed by atoms with van der Waals surface area (Å²) in [7, 11) is 1.64. The van der Waals surface area contributed by atoms with Crippen molar-refractivity contribution in [3.05, 3.63) is 24.3 Å². The summed E-state index contributed by atoms with van der Waals surface area (Å²) in [4.78, 5) is 11.8. The Labute approximate surface area is 107 Å². The van der Waals surface area contributed by atoms with Gasteiger partial charge in [-0.15, -0.1) is 0 Å². The van der Waals surface area contributed by atoms with Crippen molar-refractivity contribution in [2.45, 2.75) is 19.3 Å². The molecular weight excluding hydrogens is 230 g/mol. The summed E-state index contributed by atoms with van der Waals surface area (Å²) >= 11 is 0. The van der Waals surface area contributed by atoms with Crippen LogP contribution in [0.5, 0.6) is 5.75 Å². The number of benzene rings is 1. The maximum atomic E-state index is 11.8. The average Bonchev–Trinajstić information content (AvgIpc) is 2.27. The second-order valence-corrected chi connectivity index (χ2v) is 4.49. The minimum atomic E-state index is 0.121. The molecule has 1 aliphatic carbocycles. The summed E-state index contributed by atoms with van der Waals surface area (Å²) in [5, 5.41) is 2.92. The lowest BCUT2D eigenvalue weighted by Gasteiger charge is -2.24. The van der Waals surface area contributed by atoms with Gasteiger partial charge in [-0.2, -0.15) is 0 Å². The number of rotatable bonds is 6. The molecule has 0 aliphatic heterocycles. The molecule has 1 aromatic rings. The fourth-order valence-corrected chi connectivity index (χ4v) is 1.82. The third kappa shape index (κ3) is 3.47. The largest absolute Gasteiger partial charge is 0.491 e. The Bertz CT molecular complexity index is 402. The van der Waals surface area contributed by atoms with Gasteiger partial charge in [-0.05, 0) is 25.0 Å². The quantitative estimate of drug-likeness (QED) is 0.788. The zero-order valence-corrected chi connectivity index (χ0v) is 10.6. The van der Waals surface area contributed by atoms with Gasteiger partial charge in [-0.1, -0.05) is 12.5 Å². The molecule has 0 saturated heterocycles. The van der Waals surface area contributed by atoms with E-state index in [0.717, 1.165) is 30.7 Å². The first-order chi connectivity index (χ1) is 8.79. The average molecular weight is 249 g/mol. The Kier molecular flexibility index (Phi) is 4.59. The molecule has 1 saturated carbocycles. The molecule has 0 unspecified atom stereocenters. The van der Waals surface area contributed by atoms with Crippen LogP contribution < -0.4 is 10.1 Å². The fourth-order valence-electron chi connectivity index (χ4n) is 1.82. The molecule has 1 aliphatic rings. The molecule has 18 heavy (non-hydrogen) atoms. The van der Waals surface area contributed by atoms with E-state index in [9.17, 15) is 4.79 Å². The number of methoxy groups -OCH3 is 1. The SMILES string of the molecule is COCCOc1cccc(NC(=O)C2CCC2)c1. The number of carbonyl (C=O) groups is 1. The van der Waals surface area contributed by atoms with Crippen LogP contribution in [0.25, 0.3) is 0 Å². The van der Waals surface area contributed by atoms with Crippen LogP contribution in [0.15, 0.2) is 24.3 Å². The third-order valence-electron chi connectivity index (χ3n) is 3.13. The van der Waals surface area contributed by atoms with Gasteiger partial charge in [0.15, 0.2) is 0 Å². The summed E-state index contributed by atoms with van der Waals surface area (Å²) in [6, 6.07) is 7.46. The zero-order chi connectivity index (χ0) is 12.8. The van der Waals surface area contributed by atoms with Crippen molar-refractivity contribution in [2.75, 3.05) is 25.6 Å². The first-order valence-electron chi connectivity index (χ1n) is 6.32. The van der Waals surface area contributed by atoms with Crippen molar-refractivity contribution >= 4 is 11.6 Å². The van der Waals surface area contributed by atoms with E-state index in [-0.39, 0.29) is 11.8 Å². The molecule has 1 amide bonds. The molecule has 0 atom stereocenters. The minimum Gasteiger partial charge on any atom is -0.491 e. The van der Waals surface area contributed by atoms with E-state index in [2.05, 4.69) is 5.32 Å². The topological polar surface area (TPSA) is 47.6 Å². The van der Waals surface area contributed by atoms with Crippen molar-refractivity contribution in [3.63, 3.8) is 0 Å². The van der Waals surface area contributed by atoms with Gasteiger partial charge in [0.1, 0.15) is 12.4 Å². The van der Waals surface area contributed by atoms with Gasteiger partial charge in [0.05, 0.1) is 6.61 Å². The number of carbonyl (C=O) groups excluding carboxylic acids is 1. The van der Waals surface area contributed by atoms with Crippen LogP contribution >= 0.6 is 0 Å². The second-order valence-electron chi connectivity index (χ2n) is 4.49. The van der Waals surface area contributed by atoms with Crippen molar-refractivity contribution in [3.8, 4) is 5.75 Å². The highest BCUT2D eigenvalue weighted by atomic mass is 16.5. The summed E-state index contributed by atoms with van der Waals surface area (Å²) in [5.74, 6) is 1.07. The van der Waals surface area contributed by atoms with Gasteiger partial charge in [-0.3, -0.25) is 4.79 Å². The van der Waals surface area contributed by atoms with Crippen LogP contribution in [0.1, 0.15) is 19.3 Å². The smallest absolute Gasteiger partial charge is 0.227 e. The third-order valence-corrected chi connectivity index (χ3v) is 3.13. The number of amides is 1. The van der Waals surface area contributed by atoms with Crippen molar-refractivity contribution in [1.82, 2.24) is 0 Å². The van der Waals surface area contributed by atoms with E-state index in [4.69, 9.17) is 9.47 Å². The zero-order valence-electron chi connectivity index (χ0n) is 10.6. The lowest BCUT2D eigenvalue weighted by atomic mass is 9.85. The van der Waals surface area contributed by atoms with Gasteiger partial charge in [0.2, 0.25) is 5.91 Å². The Morgan fingerprint density at radius 1 is 1.39 bits per heavy atom. The van der Waals surface area contributed by atoms with Crippen molar-refractivity contribution in [1.29, 1.82) is 0 Å². The number of anilines is 1. The van der Waals surface area contributed by atoms with Crippen LogP contribution in [-0.2, 0) is 9.53 Å². The van der Waals surface area contributed by atoms with E-state index in [1.54, 1.807) is 7.11 Å². The van der Waals surface area contributed by atoms with E-state index < -0.39 is 0 Å². The summed E-state index contributed by atoms with van der Waals surface area (Å²) < 4.78 is 10.4. The molecule has 4 heteroatoms. The number of nitrogens with one attached hydrogen (secondary N) is 1. The molecule has 1 fully saturated rings. The van der Waals surface area contributed by atoms with Crippen LogP contribution in [0.4, 0.5) is 5.69 Å². The monoisotopic (exact) mass is 249 g/mol. The Balaban J connectivity index is 1.87. The molecule has 0 heterocycles. The number of hydrogen-bond donors (Lipinski definition) is 1. The first kappa shape index (κ1) is 12.9. The van der Waals surface area contributed by atoms with Crippen molar-refractivity contribution < 1.29 is 14.3 Å². The lowest BCUT2D eigenvalue weighted by Crippen LogP contribution is -2.27. The van der Waals surface area contributed by atoms with Gasteiger partial charge in [-0.25, -0.2) is 0 Å². The Morgan fingerprint density at radius 3 is 2.89 bits per heavy atom. The Morgan fingerprint density at radius 2 is 2.22 bits per heavy atom. The first-order valence-corrected chi connectivity index (χ1v) is 6.32. The summed E-state index contributed by atoms with van der Waals surface area (Å²) in [5.41, 5.74) is 0.793. The van der Waals surface area contributed by atoms with Crippen molar-refractivity contribution in [2.24, 2.45) is 5.92 Å². The van der Waals surface area contributed by atoms with Gasteiger partial charge in [0.25, 0.3) is 0 Å². The molecular formula is C14H19NO3. The molecule has 0 spiro atoms. The van der Waals surface area contributed by atoms with E-state index >= 15 is 0 Å². The maximum absolute atomic E-state index is 11.8. The van der Waals surface area contributed by atoms with E-state index in [0.29, 0.717) is 13.2 Å². The molecule has 0 bridgehead atoms. The van der Waals surface area contributed by atoms with Crippen LogP contribution in [-0.4, -0.2) is 26.2 Å². The molecule has 1 N–H and O–H groups in total. The molecule has 1 aromatic carbocycles. The highest BCUT2D eigenvalue weighted by Crippen LogP contribution is 2.28. The highest BCUT2D eigenvalue weighted by molar-refractivity contribution is 5.93. The van der Waals surface area contributed by atoms with Gasteiger partial charge >= 0.3 is 0 Å². The molecule has 0 radical (unpaired) electrons. The molecule has 98 valence electrons. The van der Waals surface area contributed by atoms with Gasteiger partial charge < -0.3 is 14.8 Å². The van der Waals surface area contributed by atoms with Gasteiger partial charge in [0, 0.05) is 24.8 Å². The fraction of sp³-hybridized carbons (Fsp3) is 0.500. The minimum absolute atomic E-state index is 0.121. The Hall–Kier alpha value is -1.55. The second kappa shape index (κ2) is 6.40. The van der Waals surface area contributed by atoms with Crippen LogP contribution in [0.3, 0.4) is 0 Å². The predicted octanol–water partition coefficient (Wildman–Crippen LogP) is 2.45. The van der Waals surface area contributed by atoms with Crippen LogP contribution in [0, 0.1) is 5.92 Å². The van der Waals surface area contributed by atoms with E-state index in [1.807, 2.05) is 24.3 Å². The molecule has 4 nitrogen and oxygen atoms in total. The number of ether oxygens (including phenoxy) is 2. The number of hydrogen-bond acceptors (Lipinski definition) is 3.